The van der Waals surface area contributed by atoms with Gasteiger partial charge in [0.25, 0.3) is 0 Å². The summed E-state index contributed by atoms with van der Waals surface area (Å²) in [6.45, 7) is 3.52. The number of aromatic amines is 1. The Hall–Kier alpha value is -3.24. The van der Waals surface area contributed by atoms with Crippen LogP contribution in [-0.4, -0.2) is 34.4 Å². The molecular weight excluding hydrogens is 495 g/mol. The van der Waals surface area contributed by atoms with Gasteiger partial charge >= 0.3 is 6.18 Å². The Kier molecular flexibility index (Phi) is 6.57. The van der Waals surface area contributed by atoms with Crippen molar-refractivity contribution in [3.8, 4) is 16.9 Å². The maximum absolute atomic E-state index is 13.5. The number of benzene rings is 1. The standard InChI is InChI=1S/C25H25ClF3N5O2/c1-13(9-15-19(25(27,28)29)3-2-4-20(15)26)36-23-22-17(10-32-24(23)30)18(12-35-22)16-11-33-34-21(16)14-5-7-31-8-6-14/h2-4,10-14,31H,5-9H2,1H3,(H2,30,32)(H,33,34). The number of nitrogens with two attached hydrogens (primary N) is 1. The highest BCUT2D eigenvalue weighted by Crippen LogP contribution is 2.42. The normalized spacial score (nSPS) is 15.9. The number of hydrogen-bond donors (Lipinski definition) is 3. The number of fused-ring (bicyclic) bond motifs is 1. The van der Waals surface area contributed by atoms with Crippen molar-refractivity contribution >= 4 is 28.4 Å². The van der Waals surface area contributed by atoms with Crippen molar-refractivity contribution in [2.75, 3.05) is 18.8 Å². The van der Waals surface area contributed by atoms with Crippen molar-refractivity contribution in [2.45, 2.75) is 44.4 Å². The van der Waals surface area contributed by atoms with Gasteiger partial charge in [0.2, 0.25) is 5.75 Å². The number of nitrogens with zero attached hydrogens (tertiary/aromatic N) is 2. The van der Waals surface area contributed by atoms with Gasteiger partial charge in [-0.15, -0.1) is 0 Å². The van der Waals surface area contributed by atoms with Gasteiger partial charge in [-0.25, -0.2) is 4.98 Å². The fourth-order valence-electron chi connectivity index (χ4n) is 4.80. The minimum Gasteiger partial charge on any atom is -0.483 e. The third-order valence-electron chi connectivity index (χ3n) is 6.54. The molecule has 0 amide bonds. The number of ether oxygens (including phenoxy) is 1. The number of H-pyrrole nitrogens is 1. The van der Waals surface area contributed by atoms with Crippen LogP contribution in [0.3, 0.4) is 0 Å². The molecule has 5 rings (SSSR count). The van der Waals surface area contributed by atoms with E-state index in [0.29, 0.717) is 16.9 Å². The quantitative estimate of drug-likeness (QED) is 0.291. The summed E-state index contributed by atoms with van der Waals surface area (Å²) in [6, 6.07) is 3.72. The molecule has 11 heteroatoms. The van der Waals surface area contributed by atoms with Crippen LogP contribution in [-0.2, 0) is 12.6 Å². The van der Waals surface area contributed by atoms with E-state index >= 15 is 0 Å². The van der Waals surface area contributed by atoms with Crippen molar-refractivity contribution in [3.63, 3.8) is 0 Å². The van der Waals surface area contributed by atoms with Crippen LogP contribution in [0.2, 0.25) is 5.02 Å². The first-order valence-corrected chi connectivity index (χ1v) is 12.0. The summed E-state index contributed by atoms with van der Waals surface area (Å²) >= 11 is 6.12. The fraction of sp³-hybridized carbons (Fsp3) is 0.360. The van der Waals surface area contributed by atoms with Crippen LogP contribution >= 0.6 is 11.6 Å². The molecular formula is C25H25ClF3N5O2. The number of rotatable bonds is 6. The molecule has 4 aromatic rings. The van der Waals surface area contributed by atoms with Crippen molar-refractivity contribution in [1.29, 1.82) is 0 Å². The van der Waals surface area contributed by atoms with Crippen LogP contribution in [0.15, 0.2) is 41.3 Å². The third-order valence-corrected chi connectivity index (χ3v) is 6.90. The summed E-state index contributed by atoms with van der Waals surface area (Å²) in [5.41, 5.74) is 8.39. The molecule has 1 aromatic carbocycles. The second-order valence-corrected chi connectivity index (χ2v) is 9.39. The number of hydrogen-bond acceptors (Lipinski definition) is 6. The molecule has 1 atom stereocenters. The Morgan fingerprint density at radius 3 is 2.75 bits per heavy atom. The predicted molar refractivity (Wildman–Crippen MR) is 131 cm³/mol. The predicted octanol–water partition coefficient (Wildman–Crippen LogP) is 5.95. The largest absolute Gasteiger partial charge is 0.483 e. The number of anilines is 1. The molecule has 7 nitrogen and oxygen atoms in total. The van der Waals surface area contributed by atoms with E-state index in [1.807, 2.05) is 0 Å². The lowest BCUT2D eigenvalue weighted by Gasteiger charge is -2.22. The fourth-order valence-corrected chi connectivity index (χ4v) is 5.05. The average molecular weight is 520 g/mol. The van der Waals surface area contributed by atoms with E-state index in [0.717, 1.165) is 48.8 Å². The lowest BCUT2D eigenvalue weighted by atomic mass is 9.90. The van der Waals surface area contributed by atoms with Gasteiger partial charge in [-0.1, -0.05) is 17.7 Å². The van der Waals surface area contributed by atoms with Gasteiger partial charge < -0.3 is 20.2 Å². The van der Waals surface area contributed by atoms with Gasteiger partial charge in [-0.05, 0) is 50.6 Å². The Morgan fingerprint density at radius 2 is 2.00 bits per heavy atom. The van der Waals surface area contributed by atoms with E-state index in [4.69, 9.17) is 26.5 Å². The van der Waals surface area contributed by atoms with Crippen molar-refractivity contribution in [1.82, 2.24) is 20.5 Å². The summed E-state index contributed by atoms with van der Waals surface area (Å²) in [6.07, 6.45) is 1.64. The molecule has 1 fully saturated rings. The van der Waals surface area contributed by atoms with E-state index < -0.39 is 17.8 Å². The lowest BCUT2D eigenvalue weighted by Crippen LogP contribution is -2.27. The molecule has 1 aliphatic heterocycles. The highest BCUT2D eigenvalue weighted by Gasteiger charge is 2.34. The van der Waals surface area contributed by atoms with Crippen LogP contribution in [0, 0.1) is 0 Å². The first-order valence-electron chi connectivity index (χ1n) is 11.6. The average Bonchev–Trinajstić information content (AvgIpc) is 3.49. The molecule has 3 aromatic heterocycles. The van der Waals surface area contributed by atoms with E-state index in [9.17, 15) is 13.2 Å². The number of halogens is 4. The topological polar surface area (TPSA) is 102 Å². The van der Waals surface area contributed by atoms with Gasteiger partial charge in [0.05, 0.1) is 17.1 Å². The Balaban J connectivity index is 1.46. The molecule has 0 aliphatic carbocycles. The third kappa shape index (κ3) is 4.62. The molecule has 0 radical (unpaired) electrons. The van der Waals surface area contributed by atoms with Crippen molar-refractivity contribution in [2.24, 2.45) is 0 Å². The molecule has 190 valence electrons. The smallest absolute Gasteiger partial charge is 0.416 e. The molecule has 1 saturated heterocycles. The van der Waals surface area contributed by atoms with Gasteiger partial charge in [0, 0.05) is 40.4 Å². The number of piperidine rings is 1. The summed E-state index contributed by atoms with van der Waals surface area (Å²) in [7, 11) is 0. The van der Waals surface area contributed by atoms with Crippen molar-refractivity contribution in [3.05, 3.63) is 58.7 Å². The van der Waals surface area contributed by atoms with Gasteiger partial charge in [0.15, 0.2) is 11.4 Å². The molecule has 1 unspecified atom stereocenters. The Bertz CT molecular complexity index is 1380. The summed E-state index contributed by atoms with van der Waals surface area (Å²) in [5.74, 6) is 0.597. The van der Waals surface area contributed by atoms with E-state index in [1.54, 1.807) is 25.6 Å². The Morgan fingerprint density at radius 1 is 1.22 bits per heavy atom. The maximum atomic E-state index is 13.5. The minimum absolute atomic E-state index is 0.0234. The van der Waals surface area contributed by atoms with Crippen LogP contribution in [0.25, 0.3) is 22.1 Å². The second kappa shape index (κ2) is 9.67. The zero-order valence-electron chi connectivity index (χ0n) is 19.5. The maximum Gasteiger partial charge on any atom is 0.416 e. The van der Waals surface area contributed by atoms with Gasteiger partial charge in [-0.3, -0.25) is 5.10 Å². The molecule has 0 spiro atoms. The highest BCUT2D eigenvalue weighted by molar-refractivity contribution is 6.31. The summed E-state index contributed by atoms with van der Waals surface area (Å²) in [4.78, 5) is 4.27. The minimum atomic E-state index is -4.53. The lowest BCUT2D eigenvalue weighted by molar-refractivity contribution is -0.138. The van der Waals surface area contributed by atoms with Crippen LogP contribution in [0.5, 0.6) is 5.75 Å². The number of pyridine rings is 1. The van der Waals surface area contributed by atoms with Gasteiger partial charge in [-0.2, -0.15) is 18.3 Å². The number of furan rings is 1. The van der Waals surface area contributed by atoms with E-state index in [1.165, 1.54) is 12.1 Å². The van der Waals surface area contributed by atoms with Crippen LogP contribution in [0.4, 0.5) is 19.0 Å². The summed E-state index contributed by atoms with van der Waals surface area (Å²) < 4.78 is 52.5. The number of alkyl halides is 3. The number of nitrogen functional groups attached to an aromatic ring is 1. The molecule has 4 N–H and O–H groups in total. The number of aromatic nitrogens is 3. The van der Waals surface area contributed by atoms with Gasteiger partial charge in [0.1, 0.15) is 12.4 Å². The van der Waals surface area contributed by atoms with Crippen LogP contribution < -0.4 is 15.8 Å². The monoisotopic (exact) mass is 519 g/mol. The molecule has 36 heavy (non-hydrogen) atoms. The zero-order chi connectivity index (χ0) is 25.4. The zero-order valence-corrected chi connectivity index (χ0v) is 20.2. The molecule has 4 heterocycles. The van der Waals surface area contributed by atoms with E-state index in [-0.39, 0.29) is 28.6 Å². The van der Waals surface area contributed by atoms with Crippen LogP contribution in [0.1, 0.15) is 42.5 Å². The highest BCUT2D eigenvalue weighted by atomic mass is 35.5. The number of nitrogens with one attached hydrogen (secondary N) is 2. The molecule has 0 bridgehead atoms. The second-order valence-electron chi connectivity index (χ2n) is 8.98. The van der Waals surface area contributed by atoms with Crippen molar-refractivity contribution < 1.29 is 22.3 Å². The molecule has 0 saturated carbocycles. The SMILES string of the molecule is CC(Cc1c(Cl)cccc1C(F)(F)F)Oc1c(N)ncc2c(-c3cn[nH]c3C3CCNCC3)coc12. The molecule has 1 aliphatic rings. The first kappa shape index (κ1) is 24.5. The summed E-state index contributed by atoms with van der Waals surface area (Å²) in [5, 5.41) is 11.5. The Labute approximate surface area is 210 Å². The van der Waals surface area contributed by atoms with E-state index in [2.05, 4.69) is 20.5 Å². The first-order chi connectivity index (χ1) is 17.2.